The molecule has 2 fully saturated rings. The van der Waals surface area contributed by atoms with Crippen LogP contribution in [0, 0.1) is 11.7 Å². The van der Waals surface area contributed by atoms with Gasteiger partial charge in [-0.1, -0.05) is 0 Å². The van der Waals surface area contributed by atoms with Gasteiger partial charge in [0.25, 0.3) is 5.91 Å². The molecule has 1 N–H and O–H groups in total. The average molecular weight is 377 g/mol. The van der Waals surface area contributed by atoms with Gasteiger partial charge in [-0.15, -0.1) is 0 Å². The third kappa shape index (κ3) is 4.37. The lowest BCUT2D eigenvalue weighted by atomic mass is 10.0. The highest BCUT2D eigenvalue weighted by Gasteiger charge is 2.41. The number of nitrogens with zero attached hydrogens (tertiary/aromatic N) is 2. The van der Waals surface area contributed by atoms with Gasteiger partial charge in [-0.05, 0) is 51.5 Å². The number of β-lactam (4-membered cyclic amide) rings is 1. The Balaban J connectivity index is 1.48. The second-order valence-corrected chi connectivity index (χ2v) is 7.90. The lowest BCUT2D eigenvalue weighted by Crippen LogP contribution is -2.64. The molecule has 8 heteroatoms. The van der Waals surface area contributed by atoms with Crippen LogP contribution in [0.2, 0.25) is 0 Å². The number of rotatable bonds is 3. The predicted molar refractivity (Wildman–Crippen MR) is 96.6 cm³/mol. The zero-order valence-electron chi connectivity index (χ0n) is 15.7. The molecule has 2 aliphatic rings. The maximum absolute atomic E-state index is 13.0. The Labute approximate surface area is 157 Å². The molecule has 1 aromatic carbocycles. The highest BCUT2D eigenvalue weighted by atomic mass is 19.1. The molecule has 0 saturated carbocycles. The standard InChI is InChI=1S/C19H24FN3O4/c1-19(2,3)27-18(26)22-9-8-12(10-22)16(24)21-15-11-23(17(15)25)14-6-4-13(20)5-7-14/h4-7,12,15H,8-11H2,1-3H3,(H,21,24)/t12-,15-/m0/s1. The molecule has 1 aromatic rings. The van der Waals surface area contributed by atoms with E-state index < -0.39 is 17.7 Å². The van der Waals surface area contributed by atoms with E-state index in [0.29, 0.717) is 25.2 Å². The van der Waals surface area contributed by atoms with Gasteiger partial charge in [0, 0.05) is 18.8 Å². The van der Waals surface area contributed by atoms with Crippen LogP contribution in [0.25, 0.3) is 0 Å². The largest absolute Gasteiger partial charge is 0.444 e. The molecule has 2 heterocycles. The Hall–Kier alpha value is -2.64. The monoisotopic (exact) mass is 377 g/mol. The second-order valence-electron chi connectivity index (χ2n) is 7.90. The number of carbonyl (C=O) groups excluding carboxylic acids is 3. The normalized spacial score (nSPS) is 22.4. The summed E-state index contributed by atoms with van der Waals surface area (Å²) in [4.78, 5) is 39.8. The first kappa shape index (κ1) is 19.1. The molecule has 3 rings (SSSR count). The number of carbonyl (C=O) groups is 3. The number of amides is 3. The Morgan fingerprint density at radius 1 is 1.19 bits per heavy atom. The van der Waals surface area contributed by atoms with E-state index in [2.05, 4.69) is 5.32 Å². The van der Waals surface area contributed by atoms with Crippen LogP contribution in [0.1, 0.15) is 27.2 Å². The van der Waals surface area contributed by atoms with Crippen LogP contribution in [-0.4, -0.2) is 54.1 Å². The molecule has 2 saturated heterocycles. The van der Waals surface area contributed by atoms with Crippen LogP contribution in [0.5, 0.6) is 0 Å². The molecule has 0 aliphatic carbocycles. The van der Waals surface area contributed by atoms with Gasteiger partial charge in [0.1, 0.15) is 17.5 Å². The summed E-state index contributed by atoms with van der Waals surface area (Å²) in [6.45, 7) is 6.45. The van der Waals surface area contributed by atoms with Crippen LogP contribution in [0.3, 0.4) is 0 Å². The molecule has 7 nitrogen and oxygen atoms in total. The van der Waals surface area contributed by atoms with Crippen molar-refractivity contribution in [1.82, 2.24) is 10.2 Å². The van der Waals surface area contributed by atoms with Crippen LogP contribution in [0.15, 0.2) is 24.3 Å². The number of benzene rings is 1. The Morgan fingerprint density at radius 3 is 2.44 bits per heavy atom. The molecule has 0 unspecified atom stereocenters. The summed E-state index contributed by atoms with van der Waals surface area (Å²) in [6.07, 6.45) is 0.105. The van der Waals surface area contributed by atoms with Crippen LogP contribution in [-0.2, 0) is 14.3 Å². The van der Waals surface area contributed by atoms with Crippen molar-refractivity contribution in [3.63, 3.8) is 0 Å². The second kappa shape index (κ2) is 7.17. The topological polar surface area (TPSA) is 79.0 Å². The molecule has 2 atom stereocenters. The first-order valence-electron chi connectivity index (χ1n) is 8.99. The fourth-order valence-corrected chi connectivity index (χ4v) is 3.14. The number of halogens is 1. The molecule has 0 spiro atoms. The summed E-state index contributed by atoms with van der Waals surface area (Å²) < 4.78 is 18.3. The number of ether oxygens (including phenoxy) is 1. The SMILES string of the molecule is CC(C)(C)OC(=O)N1CC[C@H](C(=O)N[C@H]2CN(c3ccc(F)cc3)C2=O)C1. The van der Waals surface area contributed by atoms with E-state index in [1.165, 1.54) is 34.1 Å². The zero-order chi connectivity index (χ0) is 19.8. The van der Waals surface area contributed by atoms with Gasteiger partial charge in [-0.25, -0.2) is 9.18 Å². The van der Waals surface area contributed by atoms with Crippen LogP contribution < -0.4 is 10.2 Å². The summed E-state index contributed by atoms with van der Waals surface area (Å²) >= 11 is 0. The molecule has 0 aromatic heterocycles. The van der Waals surface area contributed by atoms with Crippen molar-refractivity contribution in [1.29, 1.82) is 0 Å². The van der Waals surface area contributed by atoms with E-state index in [9.17, 15) is 18.8 Å². The minimum absolute atomic E-state index is 0.225. The van der Waals surface area contributed by atoms with Crippen molar-refractivity contribution in [2.24, 2.45) is 5.92 Å². The van der Waals surface area contributed by atoms with E-state index >= 15 is 0 Å². The van der Waals surface area contributed by atoms with Crippen molar-refractivity contribution in [3.05, 3.63) is 30.1 Å². The van der Waals surface area contributed by atoms with E-state index in [1.807, 2.05) is 0 Å². The summed E-state index contributed by atoms with van der Waals surface area (Å²) in [6, 6.07) is 5.05. The van der Waals surface area contributed by atoms with Crippen molar-refractivity contribution in [2.75, 3.05) is 24.5 Å². The maximum Gasteiger partial charge on any atom is 0.410 e. The molecule has 27 heavy (non-hydrogen) atoms. The highest BCUT2D eigenvalue weighted by Crippen LogP contribution is 2.24. The first-order valence-corrected chi connectivity index (χ1v) is 8.99. The van der Waals surface area contributed by atoms with Gasteiger partial charge in [-0.3, -0.25) is 9.59 Å². The smallest absolute Gasteiger partial charge is 0.410 e. The number of hydrogen-bond donors (Lipinski definition) is 1. The average Bonchev–Trinajstić information content (AvgIpc) is 3.08. The van der Waals surface area contributed by atoms with Gasteiger partial charge in [0.15, 0.2) is 0 Å². The third-order valence-electron chi connectivity index (χ3n) is 4.59. The first-order chi connectivity index (χ1) is 12.6. The fraction of sp³-hybridized carbons (Fsp3) is 0.526. The van der Waals surface area contributed by atoms with Gasteiger partial charge in [0.05, 0.1) is 12.5 Å². The summed E-state index contributed by atoms with van der Waals surface area (Å²) in [5, 5.41) is 2.74. The number of anilines is 1. The van der Waals surface area contributed by atoms with Crippen LogP contribution >= 0.6 is 0 Å². The molecular weight excluding hydrogens is 353 g/mol. The van der Waals surface area contributed by atoms with E-state index in [-0.39, 0.29) is 30.1 Å². The Morgan fingerprint density at radius 2 is 1.85 bits per heavy atom. The fourth-order valence-electron chi connectivity index (χ4n) is 3.14. The van der Waals surface area contributed by atoms with Gasteiger partial charge < -0.3 is 19.9 Å². The number of likely N-dealkylation sites (tertiary alicyclic amines) is 1. The van der Waals surface area contributed by atoms with Gasteiger partial charge in [-0.2, -0.15) is 0 Å². The molecule has 146 valence electrons. The van der Waals surface area contributed by atoms with Crippen molar-refractivity contribution < 1.29 is 23.5 Å². The third-order valence-corrected chi connectivity index (χ3v) is 4.59. The zero-order valence-corrected chi connectivity index (χ0v) is 15.7. The molecule has 0 bridgehead atoms. The summed E-state index contributed by atoms with van der Waals surface area (Å²) in [5.74, 6) is -1.19. The quantitative estimate of drug-likeness (QED) is 0.817. The van der Waals surface area contributed by atoms with E-state index in [4.69, 9.17) is 4.74 Å². The van der Waals surface area contributed by atoms with Crippen molar-refractivity contribution in [2.45, 2.75) is 38.8 Å². The lowest BCUT2D eigenvalue weighted by molar-refractivity contribution is -0.132. The molecule has 0 radical (unpaired) electrons. The van der Waals surface area contributed by atoms with Crippen molar-refractivity contribution in [3.8, 4) is 0 Å². The van der Waals surface area contributed by atoms with Crippen LogP contribution in [0.4, 0.5) is 14.9 Å². The lowest BCUT2D eigenvalue weighted by Gasteiger charge is -2.39. The van der Waals surface area contributed by atoms with E-state index in [0.717, 1.165) is 0 Å². The van der Waals surface area contributed by atoms with E-state index in [1.54, 1.807) is 20.8 Å². The van der Waals surface area contributed by atoms with Gasteiger partial charge in [0.2, 0.25) is 5.91 Å². The predicted octanol–water partition coefficient (Wildman–Crippen LogP) is 1.91. The minimum atomic E-state index is -0.585. The Bertz CT molecular complexity index is 744. The molecule has 3 amide bonds. The number of hydrogen-bond acceptors (Lipinski definition) is 4. The summed E-state index contributed by atoms with van der Waals surface area (Å²) in [7, 11) is 0. The maximum atomic E-state index is 13.0. The minimum Gasteiger partial charge on any atom is -0.444 e. The highest BCUT2D eigenvalue weighted by molar-refractivity contribution is 6.05. The molecular formula is C19H24FN3O4. The Kier molecular flexibility index (Phi) is 5.08. The molecule has 2 aliphatic heterocycles. The summed E-state index contributed by atoms with van der Waals surface area (Å²) in [5.41, 5.74) is 0.0171. The number of nitrogens with one attached hydrogen (secondary N) is 1. The van der Waals surface area contributed by atoms with Crippen molar-refractivity contribution >= 4 is 23.6 Å². The van der Waals surface area contributed by atoms with Gasteiger partial charge >= 0.3 is 6.09 Å².